The van der Waals surface area contributed by atoms with Crippen molar-refractivity contribution < 1.29 is 157 Å². The van der Waals surface area contributed by atoms with Gasteiger partial charge in [0.25, 0.3) is 5.91 Å². The van der Waals surface area contributed by atoms with E-state index in [1.807, 2.05) is 22.8 Å². The molecular formula is C89H108N14O32. The number of carbonyl (C=O) groups is 20. The molecule has 1 heterocycles. The zero-order chi connectivity index (χ0) is 99.1. The number of carboxylic acid groups (broad SMARTS) is 11. The van der Waals surface area contributed by atoms with Gasteiger partial charge in [-0.1, -0.05) is 97.1 Å². The molecule has 7 rings (SSSR count). The Morgan fingerprint density at radius 3 is 1.13 bits per heavy atom. The Hall–Kier alpha value is -15.3. The van der Waals surface area contributed by atoms with E-state index in [0.29, 0.717) is 22.1 Å². The number of carboxylic acids is 11. The first kappa shape index (κ1) is 107. The third-order valence-electron chi connectivity index (χ3n) is 21.8. The second-order valence-electron chi connectivity index (χ2n) is 32.0. The molecule has 9 atom stereocenters. The van der Waals surface area contributed by atoms with Crippen LogP contribution in [0.3, 0.4) is 0 Å². The lowest BCUT2D eigenvalue weighted by atomic mass is 9.98. The van der Waals surface area contributed by atoms with Gasteiger partial charge in [-0.05, 0) is 120 Å². The van der Waals surface area contributed by atoms with Crippen LogP contribution >= 0.6 is 0 Å². The number of aromatic hydroxyl groups is 1. The van der Waals surface area contributed by atoms with E-state index in [1.54, 1.807) is 72.8 Å². The molecule has 1 aliphatic rings. The predicted octanol–water partition coefficient (Wildman–Crippen LogP) is -0.353. The highest BCUT2D eigenvalue weighted by molar-refractivity contribution is 6.04. The van der Waals surface area contributed by atoms with Gasteiger partial charge in [0, 0.05) is 110 Å². The highest BCUT2D eigenvalue weighted by Gasteiger charge is 2.36. The van der Waals surface area contributed by atoms with Crippen molar-refractivity contribution in [2.24, 2.45) is 0 Å². The quantitative estimate of drug-likeness (QED) is 0.0217. The zero-order valence-electron chi connectivity index (χ0n) is 72.9. The van der Waals surface area contributed by atoms with Crippen LogP contribution in [0.4, 0.5) is 4.79 Å². The Kier molecular flexibility index (Phi) is 42.1. The maximum atomic E-state index is 15.3. The van der Waals surface area contributed by atoms with Gasteiger partial charge in [0.05, 0.1) is 37.2 Å². The van der Waals surface area contributed by atoms with Crippen molar-refractivity contribution in [3.8, 4) is 5.75 Å². The van der Waals surface area contributed by atoms with Gasteiger partial charge in [-0.3, -0.25) is 81.9 Å². The summed E-state index contributed by atoms with van der Waals surface area (Å²) < 4.78 is 0. The molecule has 135 heavy (non-hydrogen) atoms. The van der Waals surface area contributed by atoms with Crippen LogP contribution in [0.1, 0.15) is 125 Å². The van der Waals surface area contributed by atoms with Crippen LogP contribution in [0.2, 0.25) is 0 Å². The summed E-state index contributed by atoms with van der Waals surface area (Å²) in [4.78, 5) is 266. The first-order valence-electron chi connectivity index (χ1n) is 42.8. The van der Waals surface area contributed by atoms with Gasteiger partial charge in [0.1, 0.15) is 60.1 Å². The summed E-state index contributed by atoms with van der Waals surface area (Å²) in [6.45, 7) is -2.42. The number of amides is 10. The minimum Gasteiger partial charge on any atom is -0.508 e. The number of phenolic OH excluding ortho intramolecular Hbond substituents is 1. The number of rotatable bonds is 53. The molecule has 0 saturated carbocycles. The fourth-order valence-electron chi connectivity index (χ4n) is 14.7. The third kappa shape index (κ3) is 37.1. The normalized spacial score (nSPS) is 14.8. The van der Waals surface area contributed by atoms with Gasteiger partial charge in [-0.2, -0.15) is 0 Å². The monoisotopic (exact) mass is 1880 g/mol. The van der Waals surface area contributed by atoms with E-state index in [0.717, 1.165) is 34.4 Å². The summed E-state index contributed by atoms with van der Waals surface area (Å²) in [5.74, 6) is -24.8. The standard InChI is InChI=1S/C89H108N14O32/c104-60-20-16-50(17-21-60)40-66(96-79(118)65(41-51-14-18-53-8-1-3-10-55(53)38-51)93-71(106)26-24-69(88(133)134)103-36-34-101(48-75(112)113)32-30-100(47-74(110)111)31-33-102(35-37-103)49-76(114)115)81(120)97-67(42-52-15-19-54-9-2-4-11-56(54)39-52)80(119)94-62(85(127)128)12-5-6-28-91-78(117)68(95-77(116)57-43-58(82(121)122)45-59(44-57)83(123)124)46-72(107)90-29-7-13-61(84(125)126)92-70(105)25-22-63(86(129)130)98-89(135)99-64(87(131)132)23-27-73(108)109/h1-4,8-11,14-21,38-39,43-45,61-69,104H,5-7,12-13,22-37,40-42,46-49H2,(H,90,107)(H,91,117)(H,92,105)(H,93,106)(H,94,119)(H,95,116)(H,96,118)(H,97,120)(H,108,109)(H,110,111)(H,112,113)(H,114,115)(H,121,122)(H,123,124)(H,125,126)(H,127,128)(H,129,130)(H,131,132)(H,133,134)(H2,98,99,135)/t61-,62+,63-,64-,65-,66+,67+,68+,69?/m0/s1. The fraction of sp³-hybridized carbons (Fsp3) is 0.416. The SMILES string of the molecule is O=C(O)CC[C@H](NC(=O)N[C@@H](CCC(=O)N[C@@H](CCCNC(=O)C[C@@H](NC(=O)c1cc(C(=O)O)cc(C(=O)O)c1)C(=O)NCCCC[C@@H](NC(=O)[C@@H](Cc1ccc2ccccc2c1)NC(=O)[C@@H](Cc1ccc(O)cc1)NC(=O)[C@H](Cc1ccc2ccccc2c1)NC(=O)CCC(C(=O)O)N1CCN(CC(=O)O)CCN(CC(=O)O)CCN(CC(=O)O)CC1)C(=O)O)C(=O)O)C(=O)O)C(=O)O. The Morgan fingerprint density at radius 2 is 0.681 bits per heavy atom. The van der Waals surface area contributed by atoms with Gasteiger partial charge in [0.2, 0.25) is 41.4 Å². The van der Waals surface area contributed by atoms with Crippen molar-refractivity contribution in [3.63, 3.8) is 0 Å². The molecule has 6 aromatic rings. The number of unbranched alkanes of at least 4 members (excludes halogenated alkanes) is 1. The lowest BCUT2D eigenvalue weighted by molar-refractivity contribution is -0.145. The van der Waals surface area contributed by atoms with E-state index in [4.69, 9.17) is 5.11 Å². The molecule has 1 saturated heterocycles. The molecule has 10 amide bonds. The summed E-state index contributed by atoms with van der Waals surface area (Å²) in [6.07, 6.45) is -6.73. The summed E-state index contributed by atoms with van der Waals surface area (Å²) in [5.41, 5.74) is -0.660. The van der Waals surface area contributed by atoms with E-state index >= 15 is 9.59 Å². The van der Waals surface area contributed by atoms with Gasteiger partial charge in [0.15, 0.2) is 0 Å². The number of hydrogen-bond donors (Lipinski definition) is 22. The molecule has 1 aliphatic heterocycles. The topological polar surface area (TPSA) is 717 Å². The number of aromatic carboxylic acids is 2. The number of hydrogen-bond acceptors (Lipinski definition) is 25. The smallest absolute Gasteiger partial charge is 0.335 e. The van der Waals surface area contributed by atoms with Crippen LogP contribution in [0.5, 0.6) is 5.75 Å². The average Bonchev–Trinajstić information content (AvgIpc) is 0.828. The number of urea groups is 1. The van der Waals surface area contributed by atoms with Gasteiger partial charge in [-0.25, -0.2) is 33.6 Å². The predicted molar refractivity (Wildman–Crippen MR) is 472 cm³/mol. The van der Waals surface area contributed by atoms with E-state index in [1.165, 1.54) is 43.9 Å². The molecule has 0 radical (unpaired) electrons. The van der Waals surface area contributed by atoms with Crippen LogP contribution in [-0.2, 0) is 96.0 Å². The molecule has 726 valence electrons. The number of carbonyl (C=O) groups excluding carboxylic acids is 9. The second kappa shape index (κ2) is 53.3. The van der Waals surface area contributed by atoms with Crippen LogP contribution in [0.25, 0.3) is 21.5 Å². The van der Waals surface area contributed by atoms with Gasteiger partial charge in [-0.15, -0.1) is 0 Å². The minimum absolute atomic E-state index is 0.0199. The molecule has 1 unspecified atom stereocenters. The van der Waals surface area contributed by atoms with Gasteiger partial charge >= 0.3 is 71.7 Å². The Morgan fingerprint density at radius 1 is 0.304 bits per heavy atom. The maximum absolute atomic E-state index is 15.3. The van der Waals surface area contributed by atoms with Gasteiger partial charge < -0.3 is 114 Å². The minimum atomic E-state index is -1.87. The first-order chi connectivity index (χ1) is 64.1. The average molecular weight is 1890 g/mol. The lowest BCUT2D eigenvalue weighted by Gasteiger charge is -2.35. The van der Waals surface area contributed by atoms with E-state index in [9.17, 15) is 142 Å². The number of fused-ring (bicyclic) bond motifs is 2. The number of nitrogens with zero attached hydrogens (tertiary/aromatic N) is 4. The molecule has 0 aliphatic carbocycles. The molecule has 0 spiro atoms. The van der Waals surface area contributed by atoms with Crippen molar-refractivity contribution in [2.75, 3.05) is 85.1 Å². The maximum Gasteiger partial charge on any atom is 0.335 e. The number of aliphatic carboxylic acids is 9. The van der Waals surface area contributed by atoms with Crippen LogP contribution in [0.15, 0.2) is 127 Å². The third-order valence-corrected chi connectivity index (χ3v) is 21.8. The van der Waals surface area contributed by atoms with E-state index in [2.05, 4.69) is 42.5 Å². The Bertz CT molecular complexity index is 5250. The first-order valence-corrected chi connectivity index (χ1v) is 42.8. The molecule has 22 N–H and O–H groups in total. The molecular weight excluding hydrogens is 1780 g/mol. The number of phenols is 1. The van der Waals surface area contributed by atoms with E-state index in [-0.39, 0.29) is 116 Å². The van der Waals surface area contributed by atoms with E-state index < -0.39 is 261 Å². The van der Waals surface area contributed by atoms with Crippen molar-refractivity contribution in [3.05, 3.63) is 161 Å². The van der Waals surface area contributed by atoms with Crippen LogP contribution in [0, 0.1) is 0 Å². The molecule has 1 fully saturated rings. The highest BCUT2D eigenvalue weighted by atomic mass is 16.4. The lowest BCUT2D eigenvalue weighted by Crippen LogP contribution is -2.59. The van der Waals surface area contributed by atoms with Crippen LogP contribution < -0.4 is 53.2 Å². The largest absolute Gasteiger partial charge is 0.508 e. The summed E-state index contributed by atoms with van der Waals surface area (Å²) in [6, 6.07) is 15.8. The summed E-state index contributed by atoms with van der Waals surface area (Å²) in [7, 11) is 0. The molecule has 0 aromatic heterocycles. The summed E-state index contributed by atoms with van der Waals surface area (Å²) in [5, 5.41) is 145. The Balaban J connectivity index is 1.07. The summed E-state index contributed by atoms with van der Waals surface area (Å²) >= 11 is 0. The highest BCUT2D eigenvalue weighted by Crippen LogP contribution is 2.23. The molecule has 6 aromatic carbocycles. The fourth-order valence-corrected chi connectivity index (χ4v) is 14.7. The van der Waals surface area contributed by atoms with Crippen LogP contribution in [-0.4, -0.2) is 339 Å². The number of benzene rings is 6. The Labute approximate surface area is 769 Å². The second-order valence-corrected chi connectivity index (χ2v) is 32.0. The molecule has 46 heteroatoms. The van der Waals surface area contributed by atoms with Crippen molar-refractivity contribution in [2.45, 2.75) is 151 Å². The molecule has 0 bridgehead atoms. The molecule has 46 nitrogen and oxygen atoms in total. The van der Waals surface area contributed by atoms with Crippen molar-refractivity contribution >= 4 is 140 Å². The van der Waals surface area contributed by atoms with Crippen molar-refractivity contribution in [1.82, 2.24) is 72.8 Å². The number of nitrogens with one attached hydrogen (secondary N) is 10. The zero-order valence-corrected chi connectivity index (χ0v) is 72.9. The van der Waals surface area contributed by atoms with Crippen molar-refractivity contribution in [1.29, 1.82) is 0 Å².